The van der Waals surface area contributed by atoms with Gasteiger partial charge in [0.25, 0.3) is 5.91 Å². The molecule has 0 saturated carbocycles. The lowest BCUT2D eigenvalue weighted by molar-refractivity contribution is 0.0791. The summed E-state index contributed by atoms with van der Waals surface area (Å²) in [5.41, 5.74) is 7.38. The summed E-state index contributed by atoms with van der Waals surface area (Å²) < 4.78 is 1.71. The molecular weight excluding hydrogens is 240 g/mol. The molecule has 1 aromatic carbocycles. The first kappa shape index (κ1) is 11.9. The molecule has 5 heteroatoms. The molecule has 19 heavy (non-hydrogen) atoms. The van der Waals surface area contributed by atoms with Crippen LogP contribution in [0.15, 0.2) is 42.7 Å². The van der Waals surface area contributed by atoms with Crippen molar-refractivity contribution in [2.24, 2.45) is 5.73 Å². The van der Waals surface area contributed by atoms with E-state index in [-0.39, 0.29) is 11.9 Å². The van der Waals surface area contributed by atoms with Crippen LogP contribution >= 0.6 is 0 Å². The Labute approximate surface area is 111 Å². The van der Waals surface area contributed by atoms with Crippen molar-refractivity contribution < 1.29 is 4.79 Å². The molecule has 1 amide bonds. The first-order valence-corrected chi connectivity index (χ1v) is 6.39. The third kappa shape index (κ3) is 2.37. The Balaban J connectivity index is 1.80. The number of likely N-dealkylation sites (tertiary alicyclic amines) is 1. The fraction of sp³-hybridized carbons (Fsp3) is 0.286. The van der Waals surface area contributed by atoms with Gasteiger partial charge in [-0.2, -0.15) is 5.10 Å². The predicted molar refractivity (Wildman–Crippen MR) is 72.1 cm³/mol. The highest BCUT2D eigenvalue weighted by Gasteiger charge is 2.25. The van der Waals surface area contributed by atoms with Crippen molar-refractivity contribution in [2.75, 3.05) is 13.1 Å². The first-order chi connectivity index (χ1) is 9.24. The van der Waals surface area contributed by atoms with Crippen molar-refractivity contribution in [1.29, 1.82) is 0 Å². The van der Waals surface area contributed by atoms with Crippen molar-refractivity contribution >= 4 is 5.91 Å². The smallest absolute Gasteiger partial charge is 0.257 e. The minimum atomic E-state index is 0.00938. The number of hydrogen-bond acceptors (Lipinski definition) is 3. The summed E-state index contributed by atoms with van der Waals surface area (Å²) >= 11 is 0. The number of aromatic nitrogens is 2. The summed E-state index contributed by atoms with van der Waals surface area (Å²) in [7, 11) is 0. The van der Waals surface area contributed by atoms with Gasteiger partial charge in [0.15, 0.2) is 0 Å². The quantitative estimate of drug-likeness (QED) is 0.873. The van der Waals surface area contributed by atoms with Crippen LogP contribution in [0.25, 0.3) is 5.69 Å². The van der Waals surface area contributed by atoms with Gasteiger partial charge in [-0.15, -0.1) is 0 Å². The van der Waals surface area contributed by atoms with Gasteiger partial charge >= 0.3 is 0 Å². The van der Waals surface area contributed by atoms with Crippen LogP contribution in [0.5, 0.6) is 0 Å². The highest BCUT2D eigenvalue weighted by atomic mass is 16.2. The third-order valence-corrected chi connectivity index (χ3v) is 3.36. The third-order valence-electron chi connectivity index (χ3n) is 3.36. The topological polar surface area (TPSA) is 64.2 Å². The molecule has 1 atom stereocenters. The Morgan fingerprint density at radius 3 is 2.79 bits per heavy atom. The van der Waals surface area contributed by atoms with E-state index in [1.54, 1.807) is 22.0 Å². The zero-order valence-electron chi connectivity index (χ0n) is 10.6. The molecule has 5 nitrogen and oxygen atoms in total. The normalized spacial score (nSPS) is 18.8. The van der Waals surface area contributed by atoms with Crippen LogP contribution < -0.4 is 5.73 Å². The molecule has 3 rings (SSSR count). The number of carbonyl (C=O) groups is 1. The summed E-state index contributed by atoms with van der Waals surface area (Å²) in [5, 5.41) is 4.24. The number of nitrogens with zero attached hydrogens (tertiary/aromatic N) is 3. The van der Waals surface area contributed by atoms with Crippen LogP contribution in [0.1, 0.15) is 16.8 Å². The van der Waals surface area contributed by atoms with Crippen LogP contribution in [0.2, 0.25) is 0 Å². The van der Waals surface area contributed by atoms with Gasteiger partial charge in [-0.25, -0.2) is 4.68 Å². The van der Waals surface area contributed by atoms with Crippen LogP contribution in [0, 0.1) is 0 Å². The van der Waals surface area contributed by atoms with Crippen molar-refractivity contribution in [2.45, 2.75) is 12.5 Å². The molecule has 0 radical (unpaired) electrons. The molecule has 1 saturated heterocycles. The van der Waals surface area contributed by atoms with E-state index in [2.05, 4.69) is 5.10 Å². The number of benzene rings is 1. The number of rotatable bonds is 2. The van der Waals surface area contributed by atoms with E-state index in [1.165, 1.54) is 0 Å². The SMILES string of the molecule is N[C@@H]1CCN(C(=O)c2cnn(-c3ccccc3)c2)C1. The summed E-state index contributed by atoms with van der Waals surface area (Å²) in [6, 6.07) is 9.84. The second-order valence-corrected chi connectivity index (χ2v) is 4.81. The summed E-state index contributed by atoms with van der Waals surface area (Å²) in [5.74, 6) is 0.00938. The minimum Gasteiger partial charge on any atom is -0.337 e. The van der Waals surface area contributed by atoms with Gasteiger partial charge in [0.05, 0.1) is 17.4 Å². The van der Waals surface area contributed by atoms with Gasteiger partial charge in [-0.05, 0) is 18.6 Å². The van der Waals surface area contributed by atoms with Gasteiger partial charge in [0.1, 0.15) is 0 Å². The molecule has 0 aliphatic carbocycles. The van der Waals surface area contributed by atoms with Crippen LogP contribution in [0.4, 0.5) is 0 Å². The van der Waals surface area contributed by atoms with E-state index in [0.717, 1.165) is 18.7 Å². The molecule has 2 N–H and O–H groups in total. The maximum atomic E-state index is 12.3. The van der Waals surface area contributed by atoms with E-state index < -0.39 is 0 Å². The molecular formula is C14H16N4O. The highest BCUT2D eigenvalue weighted by molar-refractivity contribution is 5.94. The van der Waals surface area contributed by atoms with Gasteiger partial charge in [-0.3, -0.25) is 4.79 Å². The molecule has 1 aliphatic rings. The fourth-order valence-corrected chi connectivity index (χ4v) is 2.31. The lowest BCUT2D eigenvalue weighted by atomic mass is 10.3. The average Bonchev–Trinajstić information content (AvgIpc) is 3.08. The lowest BCUT2D eigenvalue weighted by Gasteiger charge is -2.14. The summed E-state index contributed by atoms with van der Waals surface area (Å²) in [6.45, 7) is 1.37. The van der Waals surface area contributed by atoms with Crippen molar-refractivity contribution in [3.63, 3.8) is 0 Å². The molecule has 0 unspecified atom stereocenters. The van der Waals surface area contributed by atoms with Crippen molar-refractivity contribution in [1.82, 2.24) is 14.7 Å². The largest absolute Gasteiger partial charge is 0.337 e. The van der Waals surface area contributed by atoms with Crippen LogP contribution in [-0.4, -0.2) is 39.7 Å². The average molecular weight is 256 g/mol. The molecule has 1 fully saturated rings. The monoisotopic (exact) mass is 256 g/mol. The van der Waals surface area contributed by atoms with E-state index >= 15 is 0 Å². The van der Waals surface area contributed by atoms with Crippen molar-refractivity contribution in [3.8, 4) is 5.69 Å². The summed E-state index contributed by atoms with van der Waals surface area (Å²) in [6.07, 6.45) is 4.25. The number of nitrogens with two attached hydrogens (primary N) is 1. The number of hydrogen-bond donors (Lipinski definition) is 1. The Morgan fingerprint density at radius 2 is 2.11 bits per heavy atom. The number of para-hydroxylation sites is 1. The van der Waals surface area contributed by atoms with Gasteiger partial charge in [-0.1, -0.05) is 18.2 Å². The van der Waals surface area contributed by atoms with Gasteiger partial charge in [0.2, 0.25) is 0 Å². The Kier molecular flexibility index (Phi) is 3.05. The van der Waals surface area contributed by atoms with E-state index in [9.17, 15) is 4.79 Å². The molecule has 0 spiro atoms. The highest BCUT2D eigenvalue weighted by Crippen LogP contribution is 2.13. The van der Waals surface area contributed by atoms with Gasteiger partial charge < -0.3 is 10.6 Å². The Hall–Kier alpha value is -2.14. The number of amides is 1. The van der Waals surface area contributed by atoms with E-state index in [4.69, 9.17) is 5.73 Å². The minimum absolute atomic E-state index is 0.00938. The van der Waals surface area contributed by atoms with Crippen molar-refractivity contribution in [3.05, 3.63) is 48.3 Å². The van der Waals surface area contributed by atoms with Crippen LogP contribution in [0.3, 0.4) is 0 Å². The molecule has 98 valence electrons. The predicted octanol–water partition coefficient (Wildman–Crippen LogP) is 1.05. The van der Waals surface area contributed by atoms with Crippen LogP contribution in [-0.2, 0) is 0 Å². The molecule has 2 heterocycles. The zero-order valence-corrected chi connectivity index (χ0v) is 10.6. The standard InChI is InChI=1S/C14H16N4O/c15-12-6-7-17(10-12)14(19)11-8-16-18(9-11)13-4-2-1-3-5-13/h1-5,8-9,12H,6-7,10,15H2/t12-/m1/s1. The molecule has 1 aromatic heterocycles. The molecule has 1 aliphatic heterocycles. The second-order valence-electron chi connectivity index (χ2n) is 4.81. The summed E-state index contributed by atoms with van der Waals surface area (Å²) in [4.78, 5) is 14.0. The maximum absolute atomic E-state index is 12.3. The maximum Gasteiger partial charge on any atom is 0.257 e. The fourth-order valence-electron chi connectivity index (χ4n) is 2.31. The second kappa shape index (κ2) is 4.85. The first-order valence-electron chi connectivity index (χ1n) is 6.39. The zero-order chi connectivity index (χ0) is 13.2. The lowest BCUT2D eigenvalue weighted by Crippen LogP contribution is -2.31. The van der Waals surface area contributed by atoms with Gasteiger partial charge in [0, 0.05) is 25.3 Å². The van der Waals surface area contributed by atoms with E-state index in [0.29, 0.717) is 12.1 Å². The number of carbonyl (C=O) groups excluding carboxylic acids is 1. The molecule has 0 bridgehead atoms. The Bertz CT molecular complexity index is 578. The van der Waals surface area contributed by atoms with E-state index in [1.807, 2.05) is 30.3 Å². The molecule has 2 aromatic rings. The Morgan fingerprint density at radius 1 is 1.32 bits per heavy atom.